The van der Waals surface area contributed by atoms with E-state index in [1.54, 1.807) is 31.4 Å². The molecule has 0 aromatic heterocycles. The van der Waals surface area contributed by atoms with Crippen molar-refractivity contribution in [2.24, 2.45) is 11.8 Å². The van der Waals surface area contributed by atoms with Gasteiger partial charge in [0.2, 0.25) is 0 Å². The number of benzene rings is 2. The quantitative estimate of drug-likeness (QED) is 0.268. The van der Waals surface area contributed by atoms with Gasteiger partial charge in [0.25, 0.3) is 5.91 Å². The molecule has 3 N–H and O–H groups in total. The van der Waals surface area contributed by atoms with Gasteiger partial charge in [-0.1, -0.05) is 62.8 Å². The third kappa shape index (κ3) is 8.94. The number of phenols is 1. The van der Waals surface area contributed by atoms with Gasteiger partial charge in [-0.15, -0.1) is 0 Å². The molecule has 6 heteroatoms. The van der Waals surface area contributed by atoms with Gasteiger partial charge in [0.15, 0.2) is 0 Å². The molecule has 2 aromatic carbocycles. The highest BCUT2D eigenvalue weighted by molar-refractivity contribution is 7.99. The fourth-order valence-corrected chi connectivity index (χ4v) is 7.52. The molecule has 5 nitrogen and oxygen atoms in total. The van der Waals surface area contributed by atoms with Crippen LogP contribution >= 0.6 is 11.8 Å². The van der Waals surface area contributed by atoms with Gasteiger partial charge in [0.1, 0.15) is 11.5 Å². The van der Waals surface area contributed by atoms with E-state index in [1.807, 2.05) is 12.1 Å². The topological polar surface area (TPSA) is 70.6 Å². The normalized spacial score (nSPS) is 18.6. The molecular formula is C32H46N2O3S. The van der Waals surface area contributed by atoms with Gasteiger partial charge in [-0.3, -0.25) is 4.79 Å². The van der Waals surface area contributed by atoms with Crippen LogP contribution in [-0.2, 0) is 6.42 Å². The molecule has 2 unspecified atom stereocenters. The van der Waals surface area contributed by atoms with Gasteiger partial charge in [0.05, 0.1) is 12.7 Å². The lowest BCUT2D eigenvalue weighted by Crippen LogP contribution is -2.49. The largest absolute Gasteiger partial charge is 0.507 e. The Labute approximate surface area is 233 Å². The van der Waals surface area contributed by atoms with E-state index >= 15 is 0 Å². The third-order valence-corrected chi connectivity index (χ3v) is 9.93. The van der Waals surface area contributed by atoms with Crippen molar-refractivity contribution in [2.45, 2.75) is 81.9 Å². The van der Waals surface area contributed by atoms with E-state index < -0.39 is 0 Å². The summed E-state index contributed by atoms with van der Waals surface area (Å²) in [5, 5.41) is 17.6. The van der Waals surface area contributed by atoms with Crippen LogP contribution in [0.1, 0.15) is 80.1 Å². The van der Waals surface area contributed by atoms with Crippen molar-refractivity contribution in [3.8, 4) is 11.5 Å². The summed E-state index contributed by atoms with van der Waals surface area (Å²) in [5.41, 5.74) is 1.63. The molecular weight excluding hydrogens is 492 g/mol. The number of hydrogen-bond acceptors (Lipinski definition) is 5. The Bertz CT molecular complexity index is 971. The van der Waals surface area contributed by atoms with E-state index in [9.17, 15) is 9.90 Å². The minimum absolute atomic E-state index is 0.0261. The molecule has 0 radical (unpaired) electrons. The van der Waals surface area contributed by atoms with E-state index in [2.05, 4.69) is 34.5 Å². The van der Waals surface area contributed by atoms with Crippen molar-refractivity contribution in [1.29, 1.82) is 0 Å². The number of carbonyl (C=O) groups excluding carboxylic acids is 1. The molecule has 208 valence electrons. The predicted octanol–water partition coefficient (Wildman–Crippen LogP) is 6.59. The Morgan fingerprint density at radius 3 is 2.26 bits per heavy atom. The van der Waals surface area contributed by atoms with Crippen molar-refractivity contribution in [2.75, 3.05) is 26.0 Å². The molecule has 2 saturated carbocycles. The molecule has 0 spiro atoms. The number of phenolic OH excluding ortho intramolecular Hbond substituents is 1. The second-order valence-electron chi connectivity index (χ2n) is 11.2. The summed E-state index contributed by atoms with van der Waals surface area (Å²) in [4.78, 5) is 13.0. The average Bonchev–Trinajstić information content (AvgIpc) is 2.97. The Morgan fingerprint density at radius 1 is 0.947 bits per heavy atom. The predicted molar refractivity (Wildman–Crippen MR) is 158 cm³/mol. The molecule has 1 amide bonds. The molecule has 0 heterocycles. The number of rotatable bonds is 13. The Morgan fingerprint density at radius 2 is 1.61 bits per heavy atom. The summed E-state index contributed by atoms with van der Waals surface area (Å²) >= 11 is 2.08. The van der Waals surface area contributed by atoms with E-state index in [0.29, 0.717) is 23.3 Å². The first-order valence-electron chi connectivity index (χ1n) is 14.7. The first kappa shape index (κ1) is 28.8. The highest BCUT2D eigenvalue weighted by Gasteiger charge is 2.27. The number of aromatic hydroxyl groups is 1. The van der Waals surface area contributed by atoms with Gasteiger partial charge in [-0.2, -0.15) is 11.8 Å². The maximum Gasteiger partial charge on any atom is 0.255 e. The molecule has 2 aromatic rings. The van der Waals surface area contributed by atoms with Crippen LogP contribution in [0, 0.1) is 11.8 Å². The molecule has 2 atom stereocenters. The fraction of sp³-hybridized carbons (Fsp3) is 0.594. The zero-order valence-corrected chi connectivity index (χ0v) is 23.8. The summed E-state index contributed by atoms with van der Waals surface area (Å²) in [7, 11) is 1.70. The summed E-state index contributed by atoms with van der Waals surface area (Å²) in [6, 6.07) is 15.4. The van der Waals surface area contributed by atoms with Crippen LogP contribution in [0.25, 0.3) is 0 Å². The molecule has 0 aliphatic heterocycles. The van der Waals surface area contributed by atoms with Gasteiger partial charge < -0.3 is 20.5 Å². The molecule has 0 bridgehead atoms. The van der Waals surface area contributed by atoms with Crippen LogP contribution in [0.15, 0.2) is 48.5 Å². The Balaban J connectivity index is 1.48. The smallest absolute Gasteiger partial charge is 0.255 e. The number of nitrogens with one attached hydrogen (secondary N) is 2. The first-order valence-corrected chi connectivity index (χ1v) is 15.7. The van der Waals surface area contributed by atoms with Gasteiger partial charge >= 0.3 is 0 Å². The number of methoxy groups -OCH3 is 1. The molecule has 4 rings (SSSR count). The standard InChI is InChI=1S/C32H46N2O3S/c1-37-27-18-16-24(17-19-27)20-31(38-23-26-12-6-3-7-13-26)29(33-21-25-10-4-2-5-11-25)22-34-32(36)28-14-8-9-15-30(28)35/h8-9,14-19,25-26,29,31,33,35H,2-7,10-13,20-23H2,1H3,(H,34,36). The molecule has 2 fully saturated rings. The number of ether oxygens (including phenoxy) is 1. The van der Waals surface area contributed by atoms with Crippen molar-refractivity contribution >= 4 is 17.7 Å². The van der Waals surface area contributed by atoms with Crippen LogP contribution in [0.4, 0.5) is 0 Å². The van der Waals surface area contributed by atoms with Crippen molar-refractivity contribution in [3.63, 3.8) is 0 Å². The Kier molecular flexibility index (Phi) is 11.7. The van der Waals surface area contributed by atoms with Crippen molar-refractivity contribution < 1.29 is 14.6 Å². The minimum Gasteiger partial charge on any atom is -0.507 e. The number of para-hydroxylation sites is 1. The summed E-state index contributed by atoms with van der Waals surface area (Å²) in [6.07, 6.45) is 14.3. The highest BCUT2D eigenvalue weighted by Crippen LogP contribution is 2.31. The van der Waals surface area contributed by atoms with Crippen molar-refractivity contribution in [3.05, 3.63) is 59.7 Å². The second-order valence-corrected chi connectivity index (χ2v) is 12.4. The van der Waals surface area contributed by atoms with E-state index in [1.165, 1.54) is 75.5 Å². The van der Waals surface area contributed by atoms with Crippen LogP contribution in [0.2, 0.25) is 0 Å². The first-order chi connectivity index (χ1) is 18.6. The third-order valence-electron chi connectivity index (χ3n) is 8.34. The molecule has 38 heavy (non-hydrogen) atoms. The van der Waals surface area contributed by atoms with Crippen LogP contribution < -0.4 is 15.4 Å². The summed E-state index contributed by atoms with van der Waals surface area (Å²) < 4.78 is 5.39. The number of thioether (sulfide) groups is 1. The lowest BCUT2D eigenvalue weighted by atomic mass is 9.89. The monoisotopic (exact) mass is 538 g/mol. The molecule has 2 aliphatic carbocycles. The Hall–Kier alpha value is -2.18. The number of amides is 1. The number of carbonyl (C=O) groups is 1. The lowest BCUT2D eigenvalue weighted by molar-refractivity contribution is 0.0946. The van der Waals surface area contributed by atoms with Gasteiger partial charge in [-0.05, 0) is 86.1 Å². The lowest BCUT2D eigenvalue weighted by Gasteiger charge is -2.32. The highest BCUT2D eigenvalue weighted by atomic mass is 32.2. The average molecular weight is 539 g/mol. The second kappa shape index (κ2) is 15.4. The fourth-order valence-electron chi connectivity index (χ4n) is 5.93. The van der Waals surface area contributed by atoms with Gasteiger partial charge in [-0.25, -0.2) is 0 Å². The van der Waals surface area contributed by atoms with E-state index in [4.69, 9.17) is 4.74 Å². The number of hydrogen-bond donors (Lipinski definition) is 3. The maximum atomic E-state index is 13.0. The molecule has 2 aliphatic rings. The van der Waals surface area contributed by atoms with Crippen molar-refractivity contribution in [1.82, 2.24) is 10.6 Å². The van der Waals surface area contributed by atoms with Crippen LogP contribution in [0.3, 0.4) is 0 Å². The van der Waals surface area contributed by atoms with E-state index in [-0.39, 0.29) is 17.7 Å². The minimum atomic E-state index is -0.215. The SMILES string of the molecule is COc1ccc(CC(SCC2CCCCC2)C(CNC(=O)c2ccccc2O)NCC2CCCCC2)cc1. The van der Waals surface area contributed by atoms with E-state index in [0.717, 1.165) is 24.6 Å². The summed E-state index contributed by atoms with van der Waals surface area (Å²) in [5.74, 6) is 3.37. The zero-order chi connectivity index (χ0) is 26.6. The maximum absolute atomic E-state index is 13.0. The van der Waals surface area contributed by atoms with Gasteiger partial charge in [0, 0.05) is 17.8 Å². The summed E-state index contributed by atoms with van der Waals surface area (Å²) in [6.45, 7) is 1.54. The van der Waals surface area contributed by atoms with Crippen LogP contribution in [0.5, 0.6) is 11.5 Å². The van der Waals surface area contributed by atoms with Crippen LogP contribution in [-0.4, -0.2) is 48.3 Å². The zero-order valence-electron chi connectivity index (χ0n) is 23.0. The molecule has 0 saturated heterocycles.